The topological polar surface area (TPSA) is 30.7 Å². The lowest BCUT2D eigenvalue weighted by atomic mass is 10.0. The number of hydrogen-bond donors (Lipinski definition) is 0. The Kier molecular flexibility index (Phi) is 4.58. The average molecular weight is 476 g/mol. The van der Waals surface area contributed by atoms with Gasteiger partial charge in [-0.05, 0) is 53.6 Å². The van der Waals surface area contributed by atoms with Gasteiger partial charge in [-0.2, -0.15) is 0 Å². The summed E-state index contributed by atoms with van der Waals surface area (Å²) in [7, 11) is 0. The highest BCUT2D eigenvalue weighted by molar-refractivity contribution is 9.10. The molecule has 4 heteroatoms. The normalized spacial score (nSPS) is 11.3. The number of pyridine rings is 2. The van der Waals surface area contributed by atoms with Crippen molar-refractivity contribution in [1.82, 2.24) is 14.5 Å². The first-order chi connectivity index (χ1) is 15.8. The van der Waals surface area contributed by atoms with Crippen molar-refractivity contribution in [2.24, 2.45) is 0 Å². The molecule has 0 N–H and O–H groups in total. The van der Waals surface area contributed by atoms with Crippen LogP contribution < -0.4 is 0 Å². The van der Waals surface area contributed by atoms with E-state index in [0.29, 0.717) is 0 Å². The Bertz CT molecular complexity index is 1510. The van der Waals surface area contributed by atoms with Crippen LogP contribution in [0.1, 0.15) is 0 Å². The zero-order chi connectivity index (χ0) is 21.5. The van der Waals surface area contributed by atoms with Crippen LogP contribution in [0.2, 0.25) is 0 Å². The molecule has 3 nitrogen and oxygen atoms in total. The molecule has 6 aromatic rings. The maximum absolute atomic E-state index is 5.11. The number of fused-ring (bicyclic) bond motifs is 3. The molecule has 0 fully saturated rings. The van der Waals surface area contributed by atoms with E-state index in [1.54, 1.807) is 0 Å². The van der Waals surface area contributed by atoms with Gasteiger partial charge in [0.25, 0.3) is 0 Å². The predicted octanol–water partition coefficient (Wildman–Crippen LogP) is 7.67. The van der Waals surface area contributed by atoms with Gasteiger partial charge in [0.15, 0.2) is 0 Å². The lowest BCUT2D eigenvalue weighted by Gasteiger charge is -2.12. The van der Waals surface area contributed by atoms with Crippen LogP contribution in [-0.2, 0) is 0 Å². The van der Waals surface area contributed by atoms with Crippen LogP contribution in [0, 0.1) is 0 Å². The number of hydrogen-bond acceptors (Lipinski definition) is 2. The second-order valence-corrected chi connectivity index (χ2v) is 8.62. The van der Waals surface area contributed by atoms with Gasteiger partial charge in [-0.15, -0.1) is 0 Å². The molecule has 0 aliphatic rings. The summed E-state index contributed by atoms with van der Waals surface area (Å²) in [5, 5.41) is 2.26. The molecule has 32 heavy (non-hydrogen) atoms. The molecule has 0 saturated heterocycles. The van der Waals surface area contributed by atoms with E-state index < -0.39 is 0 Å². The molecule has 152 valence electrons. The quantitative estimate of drug-likeness (QED) is 0.262. The van der Waals surface area contributed by atoms with E-state index in [1.807, 2.05) is 36.5 Å². The number of nitrogens with zero attached hydrogens (tertiary/aromatic N) is 3. The summed E-state index contributed by atoms with van der Waals surface area (Å²) in [6.07, 6.45) is 1.84. The first kappa shape index (κ1) is 19.0. The van der Waals surface area contributed by atoms with Gasteiger partial charge in [0.05, 0.1) is 11.2 Å². The van der Waals surface area contributed by atoms with E-state index in [1.165, 1.54) is 0 Å². The minimum absolute atomic E-state index is 0.853. The van der Waals surface area contributed by atoms with E-state index in [0.717, 1.165) is 54.6 Å². The summed E-state index contributed by atoms with van der Waals surface area (Å²) in [4.78, 5) is 9.84. The van der Waals surface area contributed by atoms with Crippen LogP contribution in [0.4, 0.5) is 0 Å². The van der Waals surface area contributed by atoms with Crippen molar-refractivity contribution in [2.45, 2.75) is 0 Å². The second-order valence-electron chi connectivity index (χ2n) is 7.70. The van der Waals surface area contributed by atoms with Gasteiger partial charge >= 0.3 is 0 Å². The molecule has 0 radical (unpaired) electrons. The summed E-state index contributed by atoms with van der Waals surface area (Å²) in [6, 6.07) is 35.5. The molecule has 0 bridgehead atoms. The number of aromatic nitrogens is 3. The maximum atomic E-state index is 5.11. The third-order valence-corrected chi connectivity index (χ3v) is 6.20. The molecule has 3 aromatic carbocycles. The van der Waals surface area contributed by atoms with Crippen LogP contribution in [0.15, 0.2) is 114 Å². The Hall–Kier alpha value is -3.76. The highest BCUT2D eigenvalue weighted by Gasteiger charge is 2.16. The smallest absolute Gasteiger partial charge is 0.146 e. The van der Waals surface area contributed by atoms with Crippen molar-refractivity contribution in [2.75, 3.05) is 0 Å². The van der Waals surface area contributed by atoms with Crippen molar-refractivity contribution in [3.63, 3.8) is 0 Å². The number of benzene rings is 3. The minimum Gasteiger partial charge on any atom is -0.278 e. The number of rotatable bonds is 3. The van der Waals surface area contributed by atoms with Crippen molar-refractivity contribution >= 4 is 37.9 Å². The van der Waals surface area contributed by atoms with Crippen LogP contribution in [0.25, 0.3) is 50.1 Å². The zero-order valence-electron chi connectivity index (χ0n) is 17.1. The average Bonchev–Trinajstić information content (AvgIpc) is 3.18. The Morgan fingerprint density at radius 1 is 0.625 bits per heavy atom. The summed E-state index contributed by atoms with van der Waals surface area (Å²) in [5.74, 6) is 0.853. The van der Waals surface area contributed by atoms with E-state index >= 15 is 0 Å². The van der Waals surface area contributed by atoms with Crippen molar-refractivity contribution in [3.8, 4) is 28.2 Å². The summed E-state index contributed by atoms with van der Waals surface area (Å²) < 4.78 is 3.21. The van der Waals surface area contributed by atoms with Crippen LogP contribution in [0.5, 0.6) is 0 Å². The maximum Gasteiger partial charge on any atom is 0.146 e. The summed E-state index contributed by atoms with van der Waals surface area (Å²) >= 11 is 3.62. The van der Waals surface area contributed by atoms with Crippen LogP contribution in [0.3, 0.4) is 0 Å². The molecule has 0 spiro atoms. The van der Waals surface area contributed by atoms with Gasteiger partial charge in [-0.1, -0.05) is 76.6 Å². The summed E-state index contributed by atoms with van der Waals surface area (Å²) in [5.41, 5.74) is 6.28. The second kappa shape index (κ2) is 7.74. The fourth-order valence-electron chi connectivity index (χ4n) is 4.23. The molecule has 3 aromatic heterocycles. The van der Waals surface area contributed by atoms with Gasteiger partial charge in [-0.25, -0.2) is 9.97 Å². The fourth-order valence-corrected chi connectivity index (χ4v) is 4.60. The highest BCUT2D eigenvalue weighted by Crippen LogP contribution is 2.34. The lowest BCUT2D eigenvalue weighted by molar-refractivity contribution is 1.06. The molecule has 0 saturated carbocycles. The summed E-state index contributed by atoms with van der Waals surface area (Å²) in [6.45, 7) is 0. The first-order valence-electron chi connectivity index (χ1n) is 10.5. The Balaban J connectivity index is 1.70. The van der Waals surface area contributed by atoms with E-state index in [4.69, 9.17) is 9.97 Å². The Labute approximate surface area is 194 Å². The Morgan fingerprint density at radius 2 is 1.38 bits per heavy atom. The largest absolute Gasteiger partial charge is 0.278 e. The molecule has 0 atom stereocenters. The van der Waals surface area contributed by atoms with Gasteiger partial charge in [-0.3, -0.25) is 4.57 Å². The molecule has 0 amide bonds. The van der Waals surface area contributed by atoms with Gasteiger partial charge in [0.1, 0.15) is 11.5 Å². The molecular formula is C28H18BrN3. The highest BCUT2D eigenvalue weighted by atomic mass is 79.9. The third-order valence-electron chi connectivity index (χ3n) is 5.71. The monoisotopic (exact) mass is 475 g/mol. The first-order valence-corrected chi connectivity index (χ1v) is 11.3. The van der Waals surface area contributed by atoms with Gasteiger partial charge in [0.2, 0.25) is 0 Å². The molecule has 0 unspecified atom stereocenters. The standard InChI is InChI=1S/C28H18BrN3/c29-22-13-14-26-24(18-22)23-12-7-15-30-28(23)32(26)27-17-21(19-8-3-1-4-9-19)16-25(31-27)20-10-5-2-6-11-20/h1-18H. The van der Waals surface area contributed by atoms with Crippen molar-refractivity contribution in [1.29, 1.82) is 0 Å². The molecule has 0 aliphatic carbocycles. The fraction of sp³-hybridized carbons (Fsp3) is 0. The van der Waals surface area contributed by atoms with Crippen LogP contribution >= 0.6 is 15.9 Å². The van der Waals surface area contributed by atoms with E-state index in [-0.39, 0.29) is 0 Å². The molecule has 0 aliphatic heterocycles. The van der Waals surface area contributed by atoms with Crippen LogP contribution in [-0.4, -0.2) is 14.5 Å². The SMILES string of the molecule is Brc1ccc2c(c1)c1cccnc1n2-c1cc(-c2ccccc2)cc(-c2ccccc2)n1. The molecule has 3 heterocycles. The molecule has 6 rings (SSSR count). The zero-order valence-corrected chi connectivity index (χ0v) is 18.7. The Morgan fingerprint density at radius 3 is 2.16 bits per heavy atom. The van der Waals surface area contributed by atoms with Gasteiger partial charge in [0, 0.05) is 27.0 Å². The van der Waals surface area contributed by atoms with Crippen molar-refractivity contribution in [3.05, 3.63) is 114 Å². The van der Waals surface area contributed by atoms with E-state index in [2.05, 4.69) is 93.3 Å². The van der Waals surface area contributed by atoms with Crippen molar-refractivity contribution < 1.29 is 0 Å². The minimum atomic E-state index is 0.853. The number of halogens is 1. The lowest BCUT2D eigenvalue weighted by Crippen LogP contribution is -2.01. The van der Waals surface area contributed by atoms with E-state index in [9.17, 15) is 0 Å². The predicted molar refractivity (Wildman–Crippen MR) is 135 cm³/mol. The third kappa shape index (κ3) is 3.20. The molecular weight excluding hydrogens is 458 g/mol. The van der Waals surface area contributed by atoms with Gasteiger partial charge < -0.3 is 0 Å².